The number of nitrogens with one attached hydrogen (secondary N) is 2. The maximum Gasteiger partial charge on any atom is 0.329 e. The van der Waals surface area contributed by atoms with Crippen LogP contribution in [0.1, 0.15) is 11.1 Å². The molecule has 0 amide bonds. The number of hydrogen-bond acceptors (Lipinski definition) is 5. The van der Waals surface area contributed by atoms with E-state index in [2.05, 4.69) is 36.4 Å². The summed E-state index contributed by atoms with van der Waals surface area (Å²) >= 11 is 3.46. The number of benzene rings is 2. The fraction of sp³-hybridized carbons (Fsp3) is 0.0909. The third kappa shape index (κ3) is 4.56. The standard InChI is InChI=1S/C22H19BrN6O2/c1-28-19-18(20(30)26-22(28)31)29(14-16-9-5-11-17(23)13-16)21(25-19)27-24-12-6-10-15-7-3-2-4-8-15/h2-13H,14H2,1H3,(H,25,27)(H,26,30,31)/b10-6+,24-12-. The van der Waals surface area contributed by atoms with Crippen molar-refractivity contribution in [1.82, 2.24) is 19.1 Å². The number of imidazole rings is 1. The highest BCUT2D eigenvalue weighted by molar-refractivity contribution is 9.10. The Morgan fingerprint density at radius 1 is 1.16 bits per heavy atom. The molecule has 4 rings (SSSR count). The fourth-order valence-corrected chi connectivity index (χ4v) is 3.59. The molecule has 0 fully saturated rings. The summed E-state index contributed by atoms with van der Waals surface area (Å²) in [6.45, 7) is 0.370. The lowest BCUT2D eigenvalue weighted by Crippen LogP contribution is -2.29. The first-order valence-corrected chi connectivity index (χ1v) is 10.3. The van der Waals surface area contributed by atoms with Crippen molar-refractivity contribution in [3.8, 4) is 0 Å². The zero-order valence-electron chi connectivity index (χ0n) is 16.6. The van der Waals surface area contributed by atoms with E-state index < -0.39 is 11.2 Å². The van der Waals surface area contributed by atoms with E-state index in [1.54, 1.807) is 23.9 Å². The highest BCUT2D eigenvalue weighted by Gasteiger charge is 2.17. The SMILES string of the molecule is Cn1c(=O)[nH]c(=O)c2c1nc(N/N=C\C=C\c1ccccc1)n2Cc1cccc(Br)c1. The van der Waals surface area contributed by atoms with Gasteiger partial charge in [0.15, 0.2) is 11.2 Å². The molecule has 2 aromatic carbocycles. The molecule has 156 valence electrons. The minimum absolute atomic E-state index is 0.279. The number of hydrogen-bond donors (Lipinski definition) is 2. The molecule has 0 spiro atoms. The van der Waals surface area contributed by atoms with Crippen LogP contribution in [0.3, 0.4) is 0 Å². The fourth-order valence-electron chi connectivity index (χ4n) is 3.15. The highest BCUT2D eigenvalue weighted by Crippen LogP contribution is 2.19. The molecule has 0 bridgehead atoms. The normalized spacial score (nSPS) is 11.7. The Labute approximate surface area is 185 Å². The van der Waals surface area contributed by atoms with Gasteiger partial charge in [-0.05, 0) is 29.3 Å². The van der Waals surface area contributed by atoms with E-state index in [0.29, 0.717) is 18.0 Å². The van der Waals surface area contributed by atoms with Crippen molar-refractivity contribution >= 4 is 45.3 Å². The van der Waals surface area contributed by atoms with Crippen molar-refractivity contribution in [1.29, 1.82) is 0 Å². The van der Waals surface area contributed by atoms with Gasteiger partial charge in [-0.3, -0.25) is 18.9 Å². The number of aromatic nitrogens is 4. The number of nitrogens with zero attached hydrogens (tertiary/aromatic N) is 4. The molecule has 4 aromatic rings. The number of aromatic amines is 1. The van der Waals surface area contributed by atoms with E-state index in [4.69, 9.17) is 0 Å². The van der Waals surface area contributed by atoms with Gasteiger partial charge in [-0.25, -0.2) is 10.2 Å². The third-order valence-electron chi connectivity index (χ3n) is 4.65. The van der Waals surface area contributed by atoms with E-state index in [0.717, 1.165) is 15.6 Å². The van der Waals surface area contributed by atoms with E-state index in [-0.39, 0.29) is 5.65 Å². The van der Waals surface area contributed by atoms with E-state index in [1.807, 2.05) is 60.7 Å². The molecule has 0 saturated heterocycles. The molecule has 0 saturated carbocycles. The lowest BCUT2D eigenvalue weighted by Gasteiger charge is -2.08. The molecule has 0 radical (unpaired) electrons. The third-order valence-corrected chi connectivity index (χ3v) is 5.14. The van der Waals surface area contributed by atoms with Gasteiger partial charge in [0.05, 0.1) is 6.54 Å². The van der Waals surface area contributed by atoms with Gasteiger partial charge < -0.3 is 0 Å². The van der Waals surface area contributed by atoms with E-state index in [1.165, 1.54) is 4.57 Å². The zero-order chi connectivity index (χ0) is 21.8. The number of hydrazone groups is 1. The molecule has 0 atom stereocenters. The Balaban J connectivity index is 1.69. The van der Waals surface area contributed by atoms with Gasteiger partial charge in [0.2, 0.25) is 5.95 Å². The monoisotopic (exact) mass is 478 g/mol. The van der Waals surface area contributed by atoms with Gasteiger partial charge in [-0.1, -0.05) is 64.5 Å². The smallest absolute Gasteiger partial charge is 0.298 e. The van der Waals surface area contributed by atoms with Gasteiger partial charge in [-0.15, -0.1) is 0 Å². The molecule has 2 aromatic heterocycles. The molecular formula is C22H19BrN6O2. The Kier molecular flexibility index (Phi) is 5.94. The Bertz CT molecular complexity index is 1400. The lowest BCUT2D eigenvalue weighted by atomic mass is 10.2. The second-order valence-corrected chi connectivity index (χ2v) is 7.72. The van der Waals surface area contributed by atoms with Crippen molar-refractivity contribution in [2.45, 2.75) is 6.54 Å². The molecule has 0 unspecified atom stereocenters. The second-order valence-electron chi connectivity index (χ2n) is 6.80. The molecule has 31 heavy (non-hydrogen) atoms. The second kappa shape index (κ2) is 8.97. The largest absolute Gasteiger partial charge is 0.329 e. The summed E-state index contributed by atoms with van der Waals surface area (Å²) in [5.41, 5.74) is 4.45. The summed E-state index contributed by atoms with van der Waals surface area (Å²) in [6, 6.07) is 17.6. The van der Waals surface area contributed by atoms with Gasteiger partial charge in [0, 0.05) is 17.7 Å². The average molecular weight is 479 g/mol. The van der Waals surface area contributed by atoms with Crippen molar-refractivity contribution in [2.75, 3.05) is 5.43 Å². The zero-order valence-corrected chi connectivity index (χ0v) is 18.2. The van der Waals surface area contributed by atoms with Crippen molar-refractivity contribution in [3.05, 3.63) is 97.1 Å². The van der Waals surface area contributed by atoms with Crippen LogP contribution >= 0.6 is 15.9 Å². The van der Waals surface area contributed by atoms with Crippen LogP contribution < -0.4 is 16.7 Å². The Morgan fingerprint density at radius 3 is 2.74 bits per heavy atom. The summed E-state index contributed by atoms with van der Waals surface area (Å²) < 4.78 is 3.93. The van der Waals surface area contributed by atoms with Crippen LogP contribution in [0.5, 0.6) is 0 Å². The summed E-state index contributed by atoms with van der Waals surface area (Å²) in [6.07, 6.45) is 5.31. The van der Waals surface area contributed by atoms with Gasteiger partial charge in [-0.2, -0.15) is 10.1 Å². The van der Waals surface area contributed by atoms with Crippen molar-refractivity contribution in [3.63, 3.8) is 0 Å². The van der Waals surface area contributed by atoms with Gasteiger partial charge in [0.1, 0.15) is 0 Å². The van der Waals surface area contributed by atoms with Crippen LogP contribution in [0.25, 0.3) is 17.2 Å². The lowest BCUT2D eigenvalue weighted by molar-refractivity contribution is 0.808. The van der Waals surface area contributed by atoms with Crippen LogP contribution in [-0.4, -0.2) is 25.3 Å². The van der Waals surface area contributed by atoms with Gasteiger partial charge in [0.25, 0.3) is 5.56 Å². The van der Waals surface area contributed by atoms with Crippen LogP contribution in [0.2, 0.25) is 0 Å². The summed E-state index contributed by atoms with van der Waals surface area (Å²) in [5, 5.41) is 4.20. The first kappa shape index (κ1) is 20.5. The van der Waals surface area contributed by atoms with Crippen LogP contribution in [0, 0.1) is 0 Å². The topological polar surface area (TPSA) is 97.1 Å². The van der Waals surface area contributed by atoms with E-state index >= 15 is 0 Å². The van der Waals surface area contributed by atoms with Gasteiger partial charge >= 0.3 is 5.69 Å². The van der Waals surface area contributed by atoms with Crippen molar-refractivity contribution < 1.29 is 0 Å². The Morgan fingerprint density at radius 2 is 1.97 bits per heavy atom. The number of halogens is 1. The first-order valence-electron chi connectivity index (χ1n) is 9.48. The first-order chi connectivity index (χ1) is 15.0. The number of aryl methyl sites for hydroxylation is 1. The van der Waals surface area contributed by atoms with Crippen molar-refractivity contribution in [2.24, 2.45) is 12.1 Å². The average Bonchev–Trinajstić information content (AvgIpc) is 3.11. The number of rotatable bonds is 6. The molecule has 0 aliphatic rings. The molecule has 0 aliphatic heterocycles. The molecule has 0 aliphatic carbocycles. The molecule has 2 heterocycles. The number of allylic oxidation sites excluding steroid dienone is 1. The molecule has 2 N–H and O–H groups in total. The number of anilines is 1. The Hall–Kier alpha value is -3.72. The predicted molar refractivity (Wildman–Crippen MR) is 126 cm³/mol. The minimum Gasteiger partial charge on any atom is -0.298 e. The molecular weight excluding hydrogens is 460 g/mol. The summed E-state index contributed by atoms with van der Waals surface area (Å²) in [5.74, 6) is 0.353. The highest BCUT2D eigenvalue weighted by atomic mass is 79.9. The minimum atomic E-state index is -0.523. The predicted octanol–water partition coefficient (Wildman–Crippen LogP) is 3.35. The number of fused-ring (bicyclic) bond motifs is 1. The van der Waals surface area contributed by atoms with Crippen LogP contribution in [0.15, 0.2) is 79.8 Å². The molecule has 9 heteroatoms. The quantitative estimate of drug-likeness (QED) is 0.328. The molecule has 8 nitrogen and oxygen atoms in total. The maximum absolute atomic E-state index is 12.6. The maximum atomic E-state index is 12.6. The number of H-pyrrole nitrogens is 1. The summed E-state index contributed by atoms with van der Waals surface area (Å²) in [4.78, 5) is 31.3. The van der Waals surface area contributed by atoms with Crippen LogP contribution in [0.4, 0.5) is 5.95 Å². The van der Waals surface area contributed by atoms with Crippen LogP contribution in [-0.2, 0) is 13.6 Å². The van der Waals surface area contributed by atoms with E-state index in [9.17, 15) is 9.59 Å². The summed E-state index contributed by atoms with van der Waals surface area (Å²) in [7, 11) is 1.56.